The summed E-state index contributed by atoms with van der Waals surface area (Å²) in [7, 11) is 4.11. The maximum absolute atomic E-state index is 2.35. The molecule has 2 heteroatoms. The van der Waals surface area contributed by atoms with Gasteiger partial charge >= 0.3 is 0 Å². The van der Waals surface area contributed by atoms with Gasteiger partial charge in [0.25, 0.3) is 0 Å². The standard InChI is InChI=1S/C7H14S2/c1-6-3-4-7(2)9-8-5-6/h6-7H,3-5H2,1-2H3/t6-,7-/m1/s1. The molecule has 0 aromatic rings. The molecule has 0 aromatic carbocycles. The van der Waals surface area contributed by atoms with E-state index < -0.39 is 0 Å². The molecule has 1 rings (SSSR count). The first-order chi connectivity index (χ1) is 4.29. The lowest BCUT2D eigenvalue weighted by molar-refractivity contribution is 0.567. The Bertz CT molecular complexity index is 73.0. The van der Waals surface area contributed by atoms with Crippen molar-refractivity contribution in [2.45, 2.75) is 31.9 Å². The lowest BCUT2D eigenvalue weighted by atomic mass is 10.1. The zero-order chi connectivity index (χ0) is 6.69. The van der Waals surface area contributed by atoms with Gasteiger partial charge in [-0.2, -0.15) is 0 Å². The Balaban J connectivity index is 2.25. The minimum absolute atomic E-state index is 0.889. The van der Waals surface area contributed by atoms with Crippen LogP contribution in [0.25, 0.3) is 0 Å². The monoisotopic (exact) mass is 162 g/mol. The summed E-state index contributed by atoms with van der Waals surface area (Å²) in [5, 5.41) is 0.889. The van der Waals surface area contributed by atoms with Crippen LogP contribution in [0.5, 0.6) is 0 Å². The smallest absolute Gasteiger partial charge is 0.0123 e. The quantitative estimate of drug-likeness (QED) is 0.502. The highest BCUT2D eigenvalue weighted by atomic mass is 33.1. The first-order valence-corrected chi connectivity index (χ1v) is 5.95. The van der Waals surface area contributed by atoms with E-state index >= 15 is 0 Å². The van der Waals surface area contributed by atoms with Gasteiger partial charge in [-0.15, -0.1) is 0 Å². The van der Waals surface area contributed by atoms with Gasteiger partial charge in [0, 0.05) is 11.0 Å². The van der Waals surface area contributed by atoms with Gasteiger partial charge in [-0.05, 0) is 18.8 Å². The molecule has 1 heterocycles. The molecule has 1 aliphatic heterocycles. The van der Waals surface area contributed by atoms with Crippen molar-refractivity contribution in [3.05, 3.63) is 0 Å². The molecule has 2 atom stereocenters. The van der Waals surface area contributed by atoms with E-state index in [1.54, 1.807) is 0 Å². The van der Waals surface area contributed by atoms with Gasteiger partial charge in [0.15, 0.2) is 0 Å². The average molecular weight is 162 g/mol. The molecular weight excluding hydrogens is 148 g/mol. The van der Waals surface area contributed by atoms with Gasteiger partial charge < -0.3 is 0 Å². The molecular formula is C7H14S2. The lowest BCUT2D eigenvalue weighted by Crippen LogP contribution is -1.97. The summed E-state index contributed by atoms with van der Waals surface area (Å²) in [6.07, 6.45) is 2.85. The van der Waals surface area contributed by atoms with Crippen molar-refractivity contribution in [2.75, 3.05) is 5.75 Å². The van der Waals surface area contributed by atoms with Crippen molar-refractivity contribution in [2.24, 2.45) is 5.92 Å². The predicted molar refractivity (Wildman–Crippen MR) is 47.9 cm³/mol. The third-order valence-corrected chi connectivity index (χ3v) is 4.86. The summed E-state index contributed by atoms with van der Waals surface area (Å²) in [4.78, 5) is 0. The van der Waals surface area contributed by atoms with Crippen LogP contribution in [0.15, 0.2) is 0 Å². The first-order valence-electron chi connectivity index (χ1n) is 3.57. The van der Waals surface area contributed by atoms with E-state index in [-0.39, 0.29) is 0 Å². The van der Waals surface area contributed by atoms with E-state index in [1.807, 2.05) is 10.8 Å². The topological polar surface area (TPSA) is 0 Å². The molecule has 9 heavy (non-hydrogen) atoms. The molecule has 0 spiro atoms. The second kappa shape index (κ2) is 3.77. The molecule has 1 saturated heterocycles. The van der Waals surface area contributed by atoms with Crippen LogP contribution in [-0.2, 0) is 0 Å². The summed E-state index contributed by atoms with van der Waals surface area (Å²) in [6.45, 7) is 4.68. The third kappa shape index (κ3) is 2.85. The molecule has 0 aliphatic carbocycles. The van der Waals surface area contributed by atoms with Crippen LogP contribution in [0.1, 0.15) is 26.7 Å². The number of hydrogen-bond acceptors (Lipinski definition) is 2. The average Bonchev–Trinajstić information content (AvgIpc) is 1.97. The highest BCUT2D eigenvalue weighted by Gasteiger charge is 2.12. The molecule has 1 aliphatic rings. The fraction of sp³-hybridized carbons (Fsp3) is 1.00. The maximum Gasteiger partial charge on any atom is 0.0123 e. The molecule has 0 amide bonds. The van der Waals surface area contributed by atoms with Crippen LogP contribution in [0.4, 0.5) is 0 Å². The Hall–Kier alpha value is 0.700. The van der Waals surface area contributed by atoms with E-state index in [4.69, 9.17) is 0 Å². The normalized spacial score (nSPS) is 38.0. The van der Waals surface area contributed by atoms with E-state index in [0.717, 1.165) is 11.2 Å². The summed E-state index contributed by atoms with van der Waals surface area (Å²) in [6, 6.07) is 0. The fourth-order valence-corrected chi connectivity index (χ4v) is 3.78. The molecule has 0 nitrogen and oxygen atoms in total. The highest BCUT2D eigenvalue weighted by Crippen LogP contribution is 2.35. The minimum Gasteiger partial charge on any atom is -0.0936 e. The van der Waals surface area contributed by atoms with Crippen LogP contribution in [0.2, 0.25) is 0 Å². The van der Waals surface area contributed by atoms with Crippen molar-refractivity contribution in [3.8, 4) is 0 Å². The number of rotatable bonds is 0. The van der Waals surface area contributed by atoms with Crippen molar-refractivity contribution in [1.82, 2.24) is 0 Å². The zero-order valence-corrected chi connectivity index (χ0v) is 7.73. The number of hydrogen-bond donors (Lipinski definition) is 0. The third-order valence-electron chi connectivity index (χ3n) is 1.65. The molecule has 0 bridgehead atoms. The van der Waals surface area contributed by atoms with Crippen LogP contribution >= 0.6 is 21.6 Å². The van der Waals surface area contributed by atoms with E-state index in [9.17, 15) is 0 Å². The zero-order valence-electron chi connectivity index (χ0n) is 6.09. The van der Waals surface area contributed by atoms with Crippen LogP contribution in [0.3, 0.4) is 0 Å². The first kappa shape index (κ1) is 7.80. The van der Waals surface area contributed by atoms with Crippen molar-refractivity contribution in [1.29, 1.82) is 0 Å². The van der Waals surface area contributed by atoms with Crippen molar-refractivity contribution >= 4 is 21.6 Å². The van der Waals surface area contributed by atoms with Gasteiger partial charge in [0.05, 0.1) is 0 Å². The van der Waals surface area contributed by atoms with E-state index in [0.29, 0.717) is 0 Å². The largest absolute Gasteiger partial charge is 0.0936 e. The summed E-state index contributed by atoms with van der Waals surface area (Å²) < 4.78 is 0. The van der Waals surface area contributed by atoms with Gasteiger partial charge in [0.1, 0.15) is 0 Å². The molecule has 1 fully saturated rings. The molecule has 0 saturated carbocycles. The Morgan fingerprint density at radius 3 is 2.78 bits per heavy atom. The van der Waals surface area contributed by atoms with Crippen molar-refractivity contribution < 1.29 is 0 Å². The molecule has 0 aromatic heterocycles. The summed E-state index contributed by atoms with van der Waals surface area (Å²) >= 11 is 0. The molecule has 0 unspecified atom stereocenters. The Labute approximate surface area is 65.6 Å². The van der Waals surface area contributed by atoms with Crippen LogP contribution in [-0.4, -0.2) is 11.0 Å². The maximum atomic E-state index is 2.35. The van der Waals surface area contributed by atoms with Crippen LogP contribution < -0.4 is 0 Å². The predicted octanol–water partition coefficient (Wildman–Crippen LogP) is 3.19. The molecule has 54 valence electrons. The second-order valence-electron chi connectivity index (χ2n) is 2.87. The van der Waals surface area contributed by atoms with Crippen molar-refractivity contribution in [3.63, 3.8) is 0 Å². The molecule has 0 N–H and O–H groups in total. The fourth-order valence-electron chi connectivity index (χ4n) is 0.922. The Morgan fingerprint density at radius 2 is 2.00 bits per heavy atom. The van der Waals surface area contributed by atoms with Gasteiger partial charge in [0.2, 0.25) is 0 Å². The van der Waals surface area contributed by atoms with E-state index in [2.05, 4.69) is 24.6 Å². The van der Waals surface area contributed by atoms with Crippen LogP contribution in [0, 0.1) is 5.92 Å². The highest BCUT2D eigenvalue weighted by molar-refractivity contribution is 8.76. The second-order valence-corrected chi connectivity index (χ2v) is 5.72. The van der Waals surface area contributed by atoms with Gasteiger partial charge in [-0.25, -0.2) is 0 Å². The SMILES string of the molecule is C[C@@H]1CC[C@@H](C)SSC1. The summed E-state index contributed by atoms with van der Waals surface area (Å²) in [5.41, 5.74) is 0. The lowest BCUT2D eigenvalue weighted by Gasteiger charge is -2.03. The van der Waals surface area contributed by atoms with E-state index in [1.165, 1.54) is 18.6 Å². The summed E-state index contributed by atoms with van der Waals surface area (Å²) in [5.74, 6) is 2.31. The minimum atomic E-state index is 0.889. The Kier molecular flexibility index (Phi) is 3.27. The Morgan fingerprint density at radius 1 is 1.22 bits per heavy atom. The van der Waals surface area contributed by atoms with Gasteiger partial charge in [-0.3, -0.25) is 0 Å². The molecule has 0 radical (unpaired) electrons. The van der Waals surface area contributed by atoms with Gasteiger partial charge in [-0.1, -0.05) is 35.4 Å².